The topological polar surface area (TPSA) is 69.3 Å². The molecular weight excluding hydrogens is 360 g/mol. The molecule has 0 atom stereocenters. The van der Waals surface area contributed by atoms with E-state index in [0.717, 1.165) is 54.5 Å². The first kappa shape index (κ1) is 26.9. The molecule has 2 N–H and O–H groups in total. The fourth-order valence-electron chi connectivity index (χ4n) is 2.82. The fraction of sp³-hybridized carbons (Fsp3) is 0.542. The molecule has 0 aromatic carbocycles. The Kier molecular flexibility index (Phi) is 16.6. The molecule has 0 unspecified atom stereocenters. The molecule has 0 amide bonds. The number of nitrogens with one attached hydrogen (secondary N) is 1. The molecule has 162 valence electrons. The van der Waals surface area contributed by atoms with E-state index in [2.05, 4.69) is 47.0 Å². The highest BCUT2D eigenvalue weighted by Gasteiger charge is 2.11. The van der Waals surface area contributed by atoms with Gasteiger partial charge in [0.1, 0.15) is 0 Å². The van der Waals surface area contributed by atoms with E-state index >= 15 is 0 Å². The van der Waals surface area contributed by atoms with Crippen molar-refractivity contribution in [2.75, 3.05) is 26.7 Å². The largest absolute Gasteiger partial charge is 0.397 e. The molecule has 1 heterocycles. The lowest BCUT2D eigenvalue weighted by molar-refractivity contribution is 0.318. The minimum absolute atomic E-state index is 0.250. The maximum Gasteiger partial charge on any atom is 0.0717 e. The second-order valence-electron chi connectivity index (χ2n) is 6.77. The highest BCUT2D eigenvalue weighted by atomic mass is 16.2. The molecule has 0 aromatic heterocycles. The van der Waals surface area contributed by atoms with Crippen LogP contribution in [0.25, 0.3) is 0 Å². The van der Waals surface area contributed by atoms with E-state index in [1.54, 1.807) is 26.4 Å². The van der Waals surface area contributed by atoms with E-state index in [0.29, 0.717) is 0 Å². The van der Waals surface area contributed by atoms with Crippen molar-refractivity contribution >= 4 is 17.6 Å². The van der Waals surface area contributed by atoms with Crippen LogP contribution in [0.3, 0.4) is 0 Å². The van der Waals surface area contributed by atoms with Crippen LogP contribution < -0.4 is 5.32 Å². The van der Waals surface area contributed by atoms with Crippen molar-refractivity contribution in [3.63, 3.8) is 0 Å². The van der Waals surface area contributed by atoms with Crippen LogP contribution in [0.4, 0.5) is 0 Å². The maximum absolute atomic E-state index is 7.57. The summed E-state index contributed by atoms with van der Waals surface area (Å²) in [6.07, 6.45) is 16.6. The van der Waals surface area contributed by atoms with E-state index < -0.39 is 0 Å². The molecule has 1 fully saturated rings. The summed E-state index contributed by atoms with van der Waals surface area (Å²) in [6.45, 7) is 13.9. The highest BCUT2D eigenvalue weighted by molar-refractivity contribution is 6.41. The monoisotopic (exact) mass is 400 g/mol. The predicted octanol–water partition coefficient (Wildman–Crippen LogP) is 4.92. The van der Waals surface area contributed by atoms with Gasteiger partial charge < -0.3 is 10.4 Å². The van der Waals surface area contributed by atoms with Gasteiger partial charge in [0.15, 0.2) is 0 Å². The molecular formula is C24H40N4O. The van der Waals surface area contributed by atoms with Gasteiger partial charge in [-0.1, -0.05) is 31.7 Å². The Bertz CT molecular complexity index is 633. The van der Waals surface area contributed by atoms with Gasteiger partial charge in [-0.3, -0.25) is 15.0 Å². The lowest BCUT2D eigenvalue weighted by Crippen LogP contribution is -2.27. The summed E-state index contributed by atoms with van der Waals surface area (Å²) < 4.78 is 0. The summed E-state index contributed by atoms with van der Waals surface area (Å²) in [6, 6.07) is 0. The first-order chi connectivity index (χ1) is 14.0. The van der Waals surface area contributed by atoms with Gasteiger partial charge in [-0.15, -0.1) is 0 Å². The maximum atomic E-state index is 7.57. The normalized spacial score (nSPS) is 17.6. The molecule has 5 nitrogen and oxygen atoms in total. The molecule has 1 rings (SSSR count). The van der Waals surface area contributed by atoms with E-state index in [1.807, 2.05) is 19.9 Å². The smallest absolute Gasteiger partial charge is 0.0717 e. The second-order valence-corrected chi connectivity index (χ2v) is 6.77. The Labute approximate surface area is 177 Å². The van der Waals surface area contributed by atoms with Crippen LogP contribution in [-0.2, 0) is 0 Å². The van der Waals surface area contributed by atoms with Crippen LogP contribution in [0.5, 0.6) is 0 Å². The number of aliphatic hydroxyl groups is 1. The number of allylic oxidation sites excluding steroid dienone is 4. The molecule has 0 aliphatic carbocycles. The molecule has 0 bridgehead atoms. The zero-order valence-electron chi connectivity index (χ0n) is 19.0. The Morgan fingerprint density at radius 3 is 2.38 bits per heavy atom. The van der Waals surface area contributed by atoms with Gasteiger partial charge in [-0.05, 0) is 77.1 Å². The predicted molar refractivity (Wildman–Crippen MR) is 129 cm³/mol. The lowest BCUT2D eigenvalue weighted by atomic mass is 9.94. The Hall–Kier alpha value is -2.11. The number of hydrogen-bond acceptors (Lipinski definition) is 5. The van der Waals surface area contributed by atoms with Gasteiger partial charge >= 0.3 is 0 Å². The van der Waals surface area contributed by atoms with Crippen molar-refractivity contribution in [1.82, 2.24) is 5.32 Å². The SMILES string of the molecule is C=CN=C(C)C(C)=NC(=C\C=NC)/C(/C=C\CC1CCNCC1)=C/CC.CCO. The van der Waals surface area contributed by atoms with Gasteiger partial charge in [-0.25, -0.2) is 0 Å². The molecule has 5 heteroatoms. The molecule has 1 aliphatic heterocycles. The average molecular weight is 401 g/mol. The third kappa shape index (κ3) is 12.9. The van der Waals surface area contributed by atoms with Crippen LogP contribution in [0.15, 0.2) is 63.3 Å². The van der Waals surface area contributed by atoms with Crippen LogP contribution in [0.2, 0.25) is 0 Å². The molecule has 29 heavy (non-hydrogen) atoms. The van der Waals surface area contributed by atoms with Crippen molar-refractivity contribution < 1.29 is 5.11 Å². The highest BCUT2D eigenvalue weighted by Crippen LogP contribution is 2.19. The van der Waals surface area contributed by atoms with Crippen molar-refractivity contribution in [2.24, 2.45) is 20.9 Å². The standard InChI is InChI=1S/C22H34N4.C2H6O/c1-6-9-21(11-8-10-20-12-16-24-17-13-20)22(14-15-23-5)26-19(4)18(3)25-7-2;1-2-3/h7-9,11,14-15,20,24H,2,6,10,12-13,16-17H2,1,3-5H3;3H,2H2,1H3/b11-8-,21-9+,22-14-,23-15?,25-18?,26-19?;. The minimum atomic E-state index is 0.250. The number of aliphatic hydroxyl groups excluding tert-OH is 1. The van der Waals surface area contributed by atoms with Gasteiger partial charge in [-0.2, -0.15) is 0 Å². The van der Waals surface area contributed by atoms with Gasteiger partial charge in [0, 0.05) is 26.1 Å². The van der Waals surface area contributed by atoms with Gasteiger partial charge in [0.05, 0.1) is 17.1 Å². The van der Waals surface area contributed by atoms with Crippen molar-refractivity contribution in [3.05, 3.63) is 48.4 Å². The van der Waals surface area contributed by atoms with Crippen molar-refractivity contribution in [3.8, 4) is 0 Å². The number of rotatable bonds is 9. The molecule has 0 saturated carbocycles. The molecule has 1 saturated heterocycles. The summed E-state index contributed by atoms with van der Waals surface area (Å²) in [7, 11) is 1.77. The van der Waals surface area contributed by atoms with E-state index in [9.17, 15) is 0 Å². The molecule has 0 radical (unpaired) electrons. The summed E-state index contributed by atoms with van der Waals surface area (Å²) in [5.41, 5.74) is 3.80. The Morgan fingerprint density at radius 2 is 1.83 bits per heavy atom. The zero-order chi connectivity index (χ0) is 21.9. The zero-order valence-corrected chi connectivity index (χ0v) is 19.0. The first-order valence-electron chi connectivity index (χ1n) is 10.6. The summed E-state index contributed by atoms with van der Waals surface area (Å²) in [5.74, 6) is 0.784. The summed E-state index contributed by atoms with van der Waals surface area (Å²) in [4.78, 5) is 13.1. The first-order valence-corrected chi connectivity index (χ1v) is 10.6. The quantitative estimate of drug-likeness (QED) is 0.426. The fourth-order valence-corrected chi connectivity index (χ4v) is 2.82. The van der Waals surface area contributed by atoms with Crippen molar-refractivity contribution in [1.29, 1.82) is 0 Å². The molecule has 0 aromatic rings. The van der Waals surface area contributed by atoms with Crippen LogP contribution in [0, 0.1) is 5.92 Å². The van der Waals surface area contributed by atoms with Gasteiger partial charge in [0.2, 0.25) is 0 Å². The van der Waals surface area contributed by atoms with E-state index in [-0.39, 0.29) is 6.61 Å². The Morgan fingerprint density at radius 1 is 1.17 bits per heavy atom. The number of nitrogens with zero attached hydrogens (tertiary/aromatic N) is 3. The summed E-state index contributed by atoms with van der Waals surface area (Å²) in [5, 5.41) is 11.0. The van der Waals surface area contributed by atoms with Crippen LogP contribution in [-0.4, -0.2) is 49.5 Å². The van der Waals surface area contributed by atoms with Crippen molar-refractivity contribution in [2.45, 2.75) is 53.4 Å². The molecule has 1 aliphatic rings. The third-order valence-corrected chi connectivity index (χ3v) is 4.42. The summed E-state index contributed by atoms with van der Waals surface area (Å²) >= 11 is 0. The van der Waals surface area contributed by atoms with E-state index in [4.69, 9.17) is 10.1 Å². The molecule has 0 spiro atoms. The number of aliphatic imine (C=N–C) groups is 3. The third-order valence-electron chi connectivity index (χ3n) is 4.42. The number of piperidine rings is 1. The van der Waals surface area contributed by atoms with Crippen LogP contribution in [0.1, 0.15) is 53.4 Å². The van der Waals surface area contributed by atoms with E-state index in [1.165, 1.54) is 12.8 Å². The number of hydrogen-bond donors (Lipinski definition) is 2. The minimum Gasteiger partial charge on any atom is -0.397 e. The van der Waals surface area contributed by atoms with Crippen LogP contribution >= 0.6 is 0 Å². The second kappa shape index (κ2) is 18.0. The lowest BCUT2D eigenvalue weighted by Gasteiger charge is -2.21. The Balaban J connectivity index is 0.00000245. The average Bonchev–Trinajstić information content (AvgIpc) is 2.72. The van der Waals surface area contributed by atoms with Gasteiger partial charge in [0.25, 0.3) is 0 Å².